The minimum atomic E-state index is 0. The fourth-order valence-electron chi connectivity index (χ4n) is 1.79. The summed E-state index contributed by atoms with van der Waals surface area (Å²) in [7, 11) is 1.64. The van der Waals surface area contributed by atoms with Crippen LogP contribution in [0.2, 0.25) is 0 Å². The maximum absolute atomic E-state index is 5.41. The second-order valence-corrected chi connectivity index (χ2v) is 4.36. The van der Waals surface area contributed by atoms with Gasteiger partial charge in [-0.25, -0.2) is 0 Å². The van der Waals surface area contributed by atoms with Gasteiger partial charge in [-0.15, -0.1) is 18.8 Å². The van der Waals surface area contributed by atoms with Gasteiger partial charge in [0.25, 0.3) is 0 Å². The molecule has 112 valence electrons. The summed E-state index contributed by atoms with van der Waals surface area (Å²) >= 11 is 0. The molecule has 20 heavy (non-hydrogen) atoms. The molecule has 0 unspecified atom stereocenters. The summed E-state index contributed by atoms with van der Waals surface area (Å²) in [5, 5.41) is 3.42. The summed E-state index contributed by atoms with van der Waals surface area (Å²) < 4.78 is 10.7. The SMILES string of the molecule is C#CCOc1ccc(CNCCCCC)cc1OC.Cl. The molecule has 0 aromatic heterocycles. The third kappa shape index (κ3) is 6.70. The Morgan fingerprint density at radius 1 is 1.25 bits per heavy atom. The first-order chi connectivity index (χ1) is 9.31. The third-order valence-electron chi connectivity index (χ3n) is 2.83. The van der Waals surface area contributed by atoms with Crippen LogP contribution in [0.5, 0.6) is 11.5 Å². The second kappa shape index (κ2) is 11.5. The predicted octanol–water partition coefficient (Wildman–Crippen LogP) is 3.41. The van der Waals surface area contributed by atoms with Crippen molar-refractivity contribution in [1.29, 1.82) is 0 Å². The number of hydrogen-bond donors (Lipinski definition) is 1. The lowest BCUT2D eigenvalue weighted by atomic mass is 10.2. The number of terminal acetylenes is 1. The molecule has 1 aromatic rings. The predicted molar refractivity (Wildman–Crippen MR) is 85.8 cm³/mol. The van der Waals surface area contributed by atoms with Crippen molar-refractivity contribution in [2.24, 2.45) is 0 Å². The molecule has 0 radical (unpaired) electrons. The molecule has 1 rings (SSSR count). The van der Waals surface area contributed by atoms with Gasteiger partial charge in [-0.3, -0.25) is 0 Å². The molecular formula is C16H24ClNO2. The minimum absolute atomic E-state index is 0. The zero-order valence-electron chi connectivity index (χ0n) is 12.3. The lowest BCUT2D eigenvalue weighted by Gasteiger charge is -2.11. The van der Waals surface area contributed by atoms with Gasteiger partial charge in [0.05, 0.1) is 7.11 Å². The number of halogens is 1. The van der Waals surface area contributed by atoms with Crippen molar-refractivity contribution in [2.45, 2.75) is 32.7 Å². The van der Waals surface area contributed by atoms with Crippen LogP contribution in [0.15, 0.2) is 18.2 Å². The van der Waals surface area contributed by atoms with Crippen LogP contribution in [0, 0.1) is 12.3 Å². The van der Waals surface area contributed by atoms with Crippen molar-refractivity contribution in [3.05, 3.63) is 23.8 Å². The monoisotopic (exact) mass is 297 g/mol. The van der Waals surface area contributed by atoms with E-state index in [0.29, 0.717) is 5.75 Å². The zero-order chi connectivity index (χ0) is 13.9. The lowest BCUT2D eigenvalue weighted by Crippen LogP contribution is -2.14. The average molecular weight is 298 g/mol. The van der Waals surface area contributed by atoms with Crippen molar-refractivity contribution >= 4 is 12.4 Å². The van der Waals surface area contributed by atoms with Gasteiger partial charge in [-0.05, 0) is 30.7 Å². The summed E-state index contributed by atoms with van der Waals surface area (Å²) in [6, 6.07) is 5.92. The molecule has 0 heterocycles. The van der Waals surface area contributed by atoms with Crippen molar-refractivity contribution in [3.63, 3.8) is 0 Å². The van der Waals surface area contributed by atoms with Gasteiger partial charge in [0.15, 0.2) is 11.5 Å². The molecule has 0 amide bonds. The van der Waals surface area contributed by atoms with Gasteiger partial charge in [0.1, 0.15) is 6.61 Å². The van der Waals surface area contributed by atoms with E-state index < -0.39 is 0 Å². The number of methoxy groups -OCH3 is 1. The number of hydrogen-bond acceptors (Lipinski definition) is 3. The first-order valence-corrected chi connectivity index (χ1v) is 6.75. The highest BCUT2D eigenvalue weighted by molar-refractivity contribution is 5.85. The molecule has 0 aliphatic heterocycles. The zero-order valence-corrected chi connectivity index (χ0v) is 13.1. The van der Waals surface area contributed by atoms with Gasteiger partial charge in [0, 0.05) is 6.54 Å². The van der Waals surface area contributed by atoms with Gasteiger partial charge < -0.3 is 14.8 Å². The summed E-state index contributed by atoms with van der Waals surface area (Å²) in [4.78, 5) is 0. The maximum Gasteiger partial charge on any atom is 0.162 e. The molecule has 0 aliphatic carbocycles. The van der Waals surface area contributed by atoms with Crippen molar-refractivity contribution in [2.75, 3.05) is 20.3 Å². The maximum atomic E-state index is 5.41. The lowest BCUT2D eigenvalue weighted by molar-refractivity contribution is 0.330. The van der Waals surface area contributed by atoms with Crippen LogP contribution in [0.4, 0.5) is 0 Å². The highest BCUT2D eigenvalue weighted by Gasteiger charge is 2.05. The molecular weight excluding hydrogens is 274 g/mol. The van der Waals surface area contributed by atoms with E-state index in [1.807, 2.05) is 18.2 Å². The van der Waals surface area contributed by atoms with Crippen LogP contribution >= 0.6 is 12.4 Å². The Balaban J connectivity index is 0.00000361. The van der Waals surface area contributed by atoms with Gasteiger partial charge >= 0.3 is 0 Å². The molecule has 1 aromatic carbocycles. The standard InChI is InChI=1S/C16H23NO2.ClH/c1-4-6-7-10-17-13-14-8-9-15(19-11-5-2)16(12-14)18-3;/h2,8-9,12,17H,4,6-7,10-11,13H2,1,3H3;1H. The van der Waals surface area contributed by atoms with Crippen LogP contribution in [0.25, 0.3) is 0 Å². The second-order valence-electron chi connectivity index (χ2n) is 4.36. The normalized spacial score (nSPS) is 9.45. The number of nitrogens with one attached hydrogen (secondary N) is 1. The van der Waals surface area contributed by atoms with E-state index in [0.717, 1.165) is 18.8 Å². The van der Waals surface area contributed by atoms with Crippen molar-refractivity contribution in [3.8, 4) is 23.8 Å². The quantitative estimate of drug-likeness (QED) is 0.560. The highest BCUT2D eigenvalue weighted by Crippen LogP contribution is 2.27. The van der Waals surface area contributed by atoms with Crippen LogP contribution in [0.3, 0.4) is 0 Å². The highest BCUT2D eigenvalue weighted by atomic mass is 35.5. The Bertz CT molecular complexity index is 415. The van der Waals surface area contributed by atoms with Gasteiger partial charge in [0.2, 0.25) is 0 Å². The molecule has 1 N–H and O–H groups in total. The van der Waals surface area contributed by atoms with Crippen LogP contribution in [-0.2, 0) is 6.54 Å². The summed E-state index contributed by atoms with van der Waals surface area (Å²) in [6.45, 7) is 4.35. The number of rotatable bonds is 9. The molecule has 0 spiro atoms. The van der Waals surface area contributed by atoms with E-state index in [4.69, 9.17) is 15.9 Å². The molecule has 0 bridgehead atoms. The van der Waals surface area contributed by atoms with E-state index in [1.165, 1.54) is 24.8 Å². The first-order valence-electron chi connectivity index (χ1n) is 6.75. The van der Waals surface area contributed by atoms with Crippen molar-refractivity contribution < 1.29 is 9.47 Å². The third-order valence-corrected chi connectivity index (χ3v) is 2.83. The van der Waals surface area contributed by atoms with E-state index in [1.54, 1.807) is 7.11 Å². The van der Waals surface area contributed by atoms with Crippen LogP contribution in [-0.4, -0.2) is 20.3 Å². The van der Waals surface area contributed by atoms with Gasteiger partial charge in [-0.1, -0.05) is 31.8 Å². The fourth-order valence-corrected chi connectivity index (χ4v) is 1.79. The molecule has 0 saturated heterocycles. The van der Waals surface area contributed by atoms with Gasteiger partial charge in [-0.2, -0.15) is 0 Å². The summed E-state index contributed by atoms with van der Waals surface area (Å²) in [5.41, 5.74) is 1.18. The molecule has 0 atom stereocenters. The number of ether oxygens (including phenoxy) is 2. The van der Waals surface area contributed by atoms with E-state index >= 15 is 0 Å². The van der Waals surface area contributed by atoms with Crippen LogP contribution < -0.4 is 14.8 Å². The average Bonchev–Trinajstić information content (AvgIpc) is 2.45. The Morgan fingerprint density at radius 2 is 2.05 bits per heavy atom. The Hall–Kier alpha value is -1.37. The fraction of sp³-hybridized carbons (Fsp3) is 0.500. The topological polar surface area (TPSA) is 30.5 Å². The van der Waals surface area contributed by atoms with E-state index in [-0.39, 0.29) is 19.0 Å². The largest absolute Gasteiger partial charge is 0.493 e. The van der Waals surface area contributed by atoms with E-state index in [9.17, 15) is 0 Å². The van der Waals surface area contributed by atoms with E-state index in [2.05, 4.69) is 18.2 Å². The minimum Gasteiger partial charge on any atom is -0.493 e. The summed E-state index contributed by atoms with van der Waals surface area (Å²) in [5.74, 6) is 3.86. The van der Waals surface area contributed by atoms with Crippen molar-refractivity contribution in [1.82, 2.24) is 5.32 Å². The number of benzene rings is 1. The Labute approximate surface area is 128 Å². The molecule has 3 nitrogen and oxygen atoms in total. The Kier molecular flexibility index (Phi) is 10.7. The summed E-state index contributed by atoms with van der Waals surface area (Å²) in [6.07, 6.45) is 8.92. The molecule has 4 heteroatoms. The molecule has 0 aliphatic rings. The van der Waals surface area contributed by atoms with Crippen LogP contribution in [0.1, 0.15) is 31.7 Å². The first kappa shape index (κ1) is 18.6. The smallest absolute Gasteiger partial charge is 0.162 e. The molecule has 0 saturated carbocycles. The number of unbranched alkanes of at least 4 members (excludes halogenated alkanes) is 2. The molecule has 0 fully saturated rings. The Morgan fingerprint density at radius 3 is 2.70 bits per heavy atom.